The van der Waals surface area contributed by atoms with Crippen LogP contribution >= 0.6 is 7.95 Å². The van der Waals surface area contributed by atoms with Crippen LogP contribution in [0.25, 0.3) is 0 Å². The third-order valence-electron chi connectivity index (χ3n) is 4.30. The molecule has 0 aromatic carbocycles. The molecule has 0 aromatic rings. The number of unbranched alkanes of at least 4 members (excludes halogenated alkanes) is 8. The van der Waals surface area contributed by atoms with E-state index >= 15 is 0 Å². The van der Waals surface area contributed by atoms with Gasteiger partial charge in [0.2, 0.25) is 0 Å². The highest BCUT2D eigenvalue weighted by atomic mass is 31.1. The van der Waals surface area contributed by atoms with Gasteiger partial charge in [-0.15, -0.1) is 0 Å². The maximum Gasteiger partial charge on any atom is 0.436 e. The Morgan fingerprint density at radius 1 is 0.913 bits per heavy atom. The smallest absolute Gasteiger partial charge is 0.436 e. The minimum absolute atomic E-state index is 0.120. The average molecular weight is 346 g/mol. The van der Waals surface area contributed by atoms with E-state index in [9.17, 15) is 9.36 Å². The summed E-state index contributed by atoms with van der Waals surface area (Å²) in [6.45, 7) is 5.97. The molecule has 23 heavy (non-hydrogen) atoms. The third-order valence-corrected chi connectivity index (χ3v) is 6.13. The van der Waals surface area contributed by atoms with Crippen molar-refractivity contribution < 1.29 is 14.5 Å². The van der Waals surface area contributed by atoms with Crippen molar-refractivity contribution in [2.24, 2.45) is 0 Å². The van der Waals surface area contributed by atoms with Gasteiger partial charge in [-0.1, -0.05) is 74.9 Å². The van der Waals surface area contributed by atoms with Crippen LogP contribution in [-0.4, -0.2) is 22.8 Å². The summed E-state index contributed by atoms with van der Waals surface area (Å²) in [7, 11) is -1.65. The molecule has 5 heteroatoms. The molecule has 1 unspecified atom stereocenters. The number of carboxylic acid groups (broad SMARTS) is 1. The quantitative estimate of drug-likeness (QED) is 0.270. The molecule has 4 nitrogen and oxygen atoms in total. The lowest BCUT2D eigenvalue weighted by atomic mass is 10.0. The first-order valence-corrected chi connectivity index (χ1v) is 10.8. The van der Waals surface area contributed by atoms with E-state index in [0.29, 0.717) is 0 Å². The van der Waals surface area contributed by atoms with E-state index in [1.807, 2.05) is 0 Å². The summed E-state index contributed by atoms with van der Waals surface area (Å²) in [5, 5.41) is 11.8. The Morgan fingerprint density at radius 3 is 1.74 bits per heavy atom. The maximum atomic E-state index is 12.5. The number of carboxylic acids is 1. The predicted molar refractivity (Wildman–Crippen MR) is 98.4 cm³/mol. The van der Waals surface area contributed by atoms with Crippen molar-refractivity contribution in [3.05, 3.63) is 0 Å². The zero-order chi connectivity index (χ0) is 17.5. The normalized spacial score (nSPS) is 13.3. The summed E-state index contributed by atoms with van der Waals surface area (Å²) in [6.07, 6.45) is 14.0. The molecule has 0 aliphatic carbocycles. The molecule has 0 aromatic heterocycles. The molecule has 0 amide bonds. The molecular formula is C18H37NO3P+. The van der Waals surface area contributed by atoms with Gasteiger partial charge in [0.05, 0.1) is 0 Å². The SMILES string of the molecule is CCCCCCCC(CCCCCCC)[P+](=O)N[C@@H](C)C(=O)O. The van der Waals surface area contributed by atoms with Gasteiger partial charge in [0, 0.05) is 0 Å². The van der Waals surface area contributed by atoms with Gasteiger partial charge in [-0.25, -0.2) is 0 Å². The lowest BCUT2D eigenvalue weighted by Gasteiger charge is -2.09. The summed E-state index contributed by atoms with van der Waals surface area (Å²) >= 11 is 0. The summed E-state index contributed by atoms with van der Waals surface area (Å²) < 4.78 is 12.5. The first-order chi connectivity index (χ1) is 11.0. The number of rotatable bonds is 16. The molecule has 0 heterocycles. The summed E-state index contributed by atoms with van der Waals surface area (Å²) in [5.41, 5.74) is 0.120. The molecular weight excluding hydrogens is 309 g/mol. The number of carbonyl (C=O) groups is 1. The largest absolute Gasteiger partial charge is 0.480 e. The van der Waals surface area contributed by atoms with Crippen molar-refractivity contribution in [3.8, 4) is 0 Å². The Morgan fingerprint density at radius 2 is 1.35 bits per heavy atom. The number of hydrogen-bond acceptors (Lipinski definition) is 2. The first kappa shape index (κ1) is 22.5. The predicted octanol–water partition coefficient (Wildman–Crippen LogP) is 5.88. The number of nitrogens with one attached hydrogen (secondary N) is 1. The molecule has 2 atom stereocenters. The molecule has 0 fully saturated rings. The molecule has 0 radical (unpaired) electrons. The van der Waals surface area contributed by atoms with Crippen molar-refractivity contribution >= 4 is 13.9 Å². The second-order valence-electron chi connectivity index (χ2n) is 6.57. The van der Waals surface area contributed by atoms with Crippen molar-refractivity contribution in [2.75, 3.05) is 0 Å². The van der Waals surface area contributed by atoms with E-state index in [2.05, 4.69) is 18.9 Å². The van der Waals surface area contributed by atoms with Gasteiger partial charge in [0.15, 0.2) is 5.66 Å². The molecule has 0 spiro atoms. The standard InChI is InChI=1S/C18H36NO3P/c1-4-6-8-10-12-14-17(15-13-11-9-7-5-2)23(22)19-16(3)18(20)21/h16-17H,4-15H2,1-3H3,(H-,19,20,21,22)/p+1/t16-/m0/s1. The summed E-state index contributed by atoms with van der Waals surface area (Å²) in [4.78, 5) is 10.9. The van der Waals surface area contributed by atoms with Gasteiger partial charge in [-0.05, 0) is 32.6 Å². The van der Waals surface area contributed by atoms with E-state index in [0.717, 1.165) is 25.7 Å². The summed E-state index contributed by atoms with van der Waals surface area (Å²) in [6, 6.07) is -0.735. The Bertz CT molecular complexity index is 309. The van der Waals surface area contributed by atoms with Crippen molar-refractivity contribution in [1.29, 1.82) is 0 Å². The zero-order valence-electron chi connectivity index (χ0n) is 15.4. The van der Waals surface area contributed by atoms with Gasteiger partial charge < -0.3 is 5.11 Å². The molecule has 0 rings (SSSR count). The lowest BCUT2D eigenvalue weighted by Crippen LogP contribution is -2.30. The maximum absolute atomic E-state index is 12.5. The first-order valence-electron chi connectivity index (χ1n) is 9.48. The lowest BCUT2D eigenvalue weighted by molar-refractivity contribution is -0.138. The summed E-state index contributed by atoms with van der Waals surface area (Å²) in [5.74, 6) is -0.932. The second-order valence-corrected chi connectivity index (χ2v) is 8.21. The van der Waals surface area contributed by atoms with Gasteiger partial charge in [0.25, 0.3) is 0 Å². The Kier molecular flexibility index (Phi) is 14.8. The van der Waals surface area contributed by atoms with Crippen LogP contribution in [0.3, 0.4) is 0 Å². The highest BCUT2D eigenvalue weighted by molar-refractivity contribution is 7.43. The number of hydrogen-bond donors (Lipinski definition) is 2. The van der Waals surface area contributed by atoms with Gasteiger partial charge in [-0.3, -0.25) is 4.79 Å². The van der Waals surface area contributed by atoms with Crippen molar-refractivity contribution in [1.82, 2.24) is 5.09 Å². The topological polar surface area (TPSA) is 66.4 Å². The van der Waals surface area contributed by atoms with Crippen LogP contribution in [0.1, 0.15) is 97.8 Å². The second kappa shape index (κ2) is 15.1. The molecule has 2 N–H and O–H groups in total. The molecule has 136 valence electrons. The van der Waals surface area contributed by atoms with Crippen molar-refractivity contribution in [3.63, 3.8) is 0 Å². The molecule has 0 aliphatic rings. The fourth-order valence-electron chi connectivity index (χ4n) is 2.70. The van der Waals surface area contributed by atoms with E-state index in [1.54, 1.807) is 6.92 Å². The molecule has 0 saturated carbocycles. The fraction of sp³-hybridized carbons (Fsp3) is 0.944. The van der Waals surface area contributed by atoms with Gasteiger partial charge in [-0.2, -0.15) is 0 Å². The Labute approximate surface area is 143 Å². The Balaban J connectivity index is 4.23. The average Bonchev–Trinajstić information content (AvgIpc) is 2.52. The fourth-order valence-corrected chi connectivity index (χ4v) is 4.23. The Hall–Kier alpha value is -0.470. The van der Waals surface area contributed by atoms with E-state index in [-0.39, 0.29) is 5.66 Å². The third kappa shape index (κ3) is 12.6. The zero-order valence-corrected chi connectivity index (χ0v) is 16.2. The molecule has 0 aliphatic heterocycles. The van der Waals surface area contributed by atoms with Gasteiger partial charge in [0.1, 0.15) is 6.04 Å². The van der Waals surface area contributed by atoms with E-state index in [1.165, 1.54) is 51.4 Å². The number of aliphatic carboxylic acids is 1. The van der Waals surface area contributed by atoms with E-state index < -0.39 is 20.0 Å². The van der Waals surface area contributed by atoms with Crippen LogP contribution in [0, 0.1) is 0 Å². The van der Waals surface area contributed by atoms with Crippen molar-refractivity contribution in [2.45, 2.75) is 110 Å². The van der Waals surface area contributed by atoms with Crippen LogP contribution < -0.4 is 5.09 Å². The van der Waals surface area contributed by atoms with Gasteiger partial charge >= 0.3 is 13.9 Å². The monoisotopic (exact) mass is 346 g/mol. The van der Waals surface area contributed by atoms with Crippen LogP contribution in [0.5, 0.6) is 0 Å². The van der Waals surface area contributed by atoms with Crippen LogP contribution in [0.4, 0.5) is 0 Å². The van der Waals surface area contributed by atoms with Crippen LogP contribution in [0.2, 0.25) is 0 Å². The van der Waals surface area contributed by atoms with Crippen LogP contribution in [-0.2, 0) is 9.36 Å². The highest BCUT2D eigenvalue weighted by Crippen LogP contribution is 2.33. The highest BCUT2D eigenvalue weighted by Gasteiger charge is 2.33. The minimum atomic E-state index is -1.65. The molecule has 0 saturated heterocycles. The minimum Gasteiger partial charge on any atom is -0.480 e. The molecule has 0 bridgehead atoms. The van der Waals surface area contributed by atoms with Crippen LogP contribution in [0.15, 0.2) is 0 Å². The van der Waals surface area contributed by atoms with E-state index in [4.69, 9.17) is 5.11 Å².